The maximum Gasteiger partial charge on any atom is 0.223 e. The lowest BCUT2D eigenvalue weighted by Gasteiger charge is -2.13. The fourth-order valence-corrected chi connectivity index (χ4v) is 2.95. The molecule has 0 aromatic carbocycles. The van der Waals surface area contributed by atoms with E-state index in [0.29, 0.717) is 28.5 Å². The number of aryl methyl sites for hydroxylation is 2. The van der Waals surface area contributed by atoms with Crippen LogP contribution in [-0.4, -0.2) is 27.2 Å². The molecule has 2 atom stereocenters. The van der Waals surface area contributed by atoms with Crippen molar-refractivity contribution in [2.75, 3.05) is 5.32 Å². The van der Waals surface area contributed by atoms with Gasteiger partial charge in [0, 0.05) is 12.1 Å². The van der Waals surface area contributed by atoms with Gasteiger partial charge >= 0.3 is 0 Å². The Kier molecular flexibility index (Phi) is 3.82. The normalized spacial score (nSPS) is 21.7. The summed E-state index contributed by atoms with van der Waals surface area (Å²) >= 11 is 6.23. The van der Waals surface area contributed by atoms with E-state index >= 15 is 0 Å². The highest BCUT2D eigenvalue weighted by atomic mass is 35.5. The minimum Gasteiger partial charge on any atom is -0.361 e. The molecule has 0 spiro atoms. The van der Waals surface area contributed by atoms with Crippen LogP contribution in [-0.2, 0) is 0 Å². The van der Waals surface area contributed by atoms with E-state index in [9.17, 15) is 0 Å². The summed E-state index contributed by atoms with van der Waals surface area (Å²) in [5.74, 6) is 1.26. The van der Waals surface area contributed by atoms with E-state index < -0.39 is 0 Å². The maximum atomic E-state index is 6.23. The first-order valence-corrected chi connectivity index (χ1v) is 7.40. The van der Waals surface area contributed by atoms with Gasteiger partial charge in [0.15, 0.2) is 0 Å². The van der Waals surface area contributed by atoms with Crippen LogP contribution in [0.3, 0.4) is 0 Å². The predicted molar refractivity (Wildman–Crippen MR) is 81.3 cm³/mol. The Labute approximate surface area is 128 Å². The number of hydrogen-bond acceptors (Lipinski definition) is 6. The average Bonchev–Trinajstić information content (AvgIpc) is 2.99. The first-order valence-electron chi connectivity index (χ1n) is 7.02. The van der Waals surface area contributed by atoms with Crippen molar-refractivity contribution in [3.8, 4) is 11.3 Å². The molecule has 21 heavy (non-hydrogen) atoms. The minimum absolute atomic E-state index is 0.261. The molecule has 112 valence electrons. The third-order valence-corrected chi connectivity index (χ3v) is 4.10. The van der Waals surface area contributed by atoms with Crippen LogP contribution in [0.2, 0.25) is 5.02 Å². The van der Waals surface area contributed by atoms with E-state index in [1.54, 1.807) is 6.20 Å². The summed E-state index contributed by atoms with van der Waals surface area (Å²) in [5.41, 5.74) is 8.17. The zero-order chi connectivity index (χ0) is 15.0. The molecule has 2 heterocycles. The number of nitrogens with zero attached hydrogens (tertiary/aromatic N) is 3. The lowest BCUT2D eigenvalue weighted by atomic mass is 10.1. The molecule has 6 nitrogen and oxygen atoms in total. The van der Waals surface area contributed by atoms with Crippen molar-refractivity contribution in [3.05, 3.63) is 22.7 Å². The van der Waals surface area contributed by atoms with Crippen molar-refractivity contribution in [2.24, 2.45) is 5.73 Å². The summed E-state index contributed by atoms with van der Waals surface area (Å²) in [4.78, 5) is 8.78. The van der Waals surface area contributed by atoms with Gasteiger partial charge in [-0.1, -0.05) is 16.8 Å². The van der Waals surface area contributed by atoms with E-state index in [-0.39, 0.29) is 6.04 Å². The molecule has 0 radical (unpaired) electrons. The van der Waals surface area contributed by atoms with Crippen molar-refractivity contribution in [2.45, 2.75) is 45.2 Å². The molecule has 1 fully saturated rings. The van der Waals surface area contributed by atoms with Gasteiger partial charge < -0.3 is 15.6 Å². The summed E-state index contributed by atoms with van der Waals surface area (Å²) in [6, 6.07) is 0.579. The molecule has 1 saturated carbocycles. The van der Waals surface area contributed by atoms with Crippen molar-refractivity contribution in [3.63, 3.8) is 0 Å². The van der Waals surface area contributed by atoms with Gasteiger partial charge in [-0.15, -0.1) is 0 Å². The Balaban J connectivity index is 1.90. The molecule has 0 unspecified atom stereocenters. The molecule has 1 aliphatic rings. The third kappa shape index (κ3) is 2.87. The Hall–Kier alpha value is -1.66. The lowest BCUT2D eigenvalue weighted by Crippen LogP contribution is -2.21. The van der Waals surface area contributed by atoms with E-state index in [2.05, 4.69) is 20.4 Å². The summed E-state index contributed by atoms with van der Waals surface area (Å²) in [6.07, 6.45) is 4.61. The molecule has 0 bridgehead atoms. The largest absolute Gasteiger partial charge is 0.361 e. The predicted octanol–water partition coefficient (Wildman–Crippen LogP) is 2.69. The number of anilines is 1. The fourth-order valence-electron chi connectivity index (χ4n) is 2.76. The van der Waals surface area contributed by atoms with E-state index in [1.807, 2.05) is 13.8 Å². The van der Waals surface area contributed by atoms with Gasteiger partial charge in [0.05, 0.1) is 28.2 Å². The molecule has 1 aliphatic carbocycles. The fraction of sp³-hybridized carbons (Fsp3) is 0.500. The number of aromatic nitrogens is 3. The van der Waals surface area contributed by atoms with Crippen molar-refractivity contribution in [1.29, 1.82) is 0 Å². The van der Waals surface area contributed by atoms with Crippen LogP contribution in [0.1, 0.15) is 30.7 Å². The molecular formula is C14H18ClN5O. The minimum atomic E-state index is 0.261. The van der Waals surface area contributed by atoms with Gasteiger partial charge in [0.2, 0.25) is 5.95 Å². The van der Waals surface area contributed by atoms with E-state index in [4.69, 9.17) is 21.9 Å². The summed E-state index contributed by atoms with van der Waals surface area (Å²) in [6.45, 7) is 3.71. The number of nitrogens with one attached hydrogen (secondary N) is 1. The van der Waals surface area contributed by atoms with Gasteiger partial charge in [-0.3, -0.25) is 0 Å². The smallest absolute Gasteiger partial charge is 0.223 e. The second kappa shape index (κ2) is 5.61. The quantitative estimate of drug-likeness (QED) is 0.906. The highest BCUT2D eigenvalue weighted by Crippen LogP contribution is 2.31. The van der Waals surface area contributed by atoms with Crippen LogP contribution in [0, 0.1) is 13.8 Å². The van der Waals surface area contributed by atoms with Crippen molar-refractivity contribution in [1.82, 2.24) is 15.1 Å². The molecule has 2 aromatic rings. The molecule has 7 heteroatoms. The number of rotatable bonds is 3. The molecule has 0 aliphatic heterocycles. The highest BCUT2D eigenvalue weighted by Gasteiger charge is 2.23. The van der Waals surface area contributed by atoms with Gasteiger partial charge in [-0.2, -0.15) is 0 Å². The van der Waals surface area contributed by atoms with Crippen LogP contribution < -0.4 is 11.1 Å². The van der Waals surface area contributed by atoms with Crippen molar-refractivity contribution < 1.29 is 4.52 Å². The second-order valence-corrected chi connectivity index (χ2v) is 5.91. The van der Waals surface area contributed by atoms with E-state index in [1.165, 1.54) is 0 Å². The second-order valence-electron chi connectivity index (χ2n) is 5.50. The summed E-state index contributed by atoms with van der Waals surface area (Å²) < 4.78 is 5.19. The van der Waals surface area contributed by atoms with E-state index in [0.717, 1.165) is 30.5 Å². The van der Waals surface area contributed by atoms with Crippen LogP contribution in [0.4, 0.5) is 5.95 Å². The maximum absolute atomic E-state index is 6.23. The molecule has 0 saturated heterocycles. The van der Waals surface area contributed by atoms with Crippen LogP contribution in [0.15, 0.2) is 10.7 Å². The number of halogens is 1. The highest BCUT2D eigenvalue weighted by molar-refractivity contribution is 6.33. The zero-order valence-corrected chi connectivity index (χ0v) is 12.8. The SMILES string of the molecule is Cc1noc(C)c1-c1nc(N[C@H]2CC[C@@H](N)C2)ncc1Cl. The topological polar surface area (TPSA) is 89.9 Å². The zero-order valence-electron chi connectivity index (χ0n) is 12.1. The van der Waals surface area contributed by atoms with Crippen molar-refractivity contribution >= 4 is 17.5 Å². The summed E-state index contributed by atoms with van der Waals surface area (Å²) in [7, 11) is 0. The molecule has 3 N–H and O–H groups in total. The Morgan fingerprint density at radius 1 is 1.38 bits per heavy atom. The Bertz CT molecular complexity index is 637. The Morgan fingerprint density at radius 2 is 2.19 bits per heavy atom. The molecular weight excluding hydrogens is 290 g/mol. The Morgan fingerprint density at radius 3 is 2.81 bits per heavy atom. The molecule has 0 amide bonds. The molecule has 2 aromatic heterocycles. The lowest BCUT2D eigenvalue weighted by molar-refractivity contribution is 0.393. The standard InChI is InChI=1S/C14H18ClN5O/c1-7-12(8(2)21-20-7)13-11(15)6-17-14(19-13)18-10-4-3-9(16)5-10/h6,9-10H,3-5,16H2,1-2H3,(H,17,18,19)/t9-,10+/m1/s1. The first-order chi connectivity index (χ1) is 10.0. The van der Waals surface area contributed by atoms with Gasteiger partial charge in [-0.25, -0.2) is 9.97 Å². The first kappa shape index (κ1) is 14.3. The van der Waals surface area contributed by atoms with Crippen LogP contribution in [0.25, 0.3) is 11.3 Å². The molecule has 3 rings (SSSR count). The van der Waals surface area contributed by atoms with Gasteiger partial charge in [-0.05, 0) is 33.1 Å². The van der Waals surface area contributed by atoms with Crippen LogP contribution >= 0.6 is 11.6 Å². The monoisotopic (exact) mass is 307 g/mol. The van der Waals surface area contributed by atoms with Gasteiger partial charge in [0.25, 0.3) is 0 Å². The number of nitrogens with two attached hydrogens (primary N) is 1. The summed E-state index contributed by atoms with van der Waals surface area (Å²) in [5, 5.41) is 7.76. The number of hydrogen-bond donors (Lipinski definition) is 2. The average molecular weight is 308 g/mol. The van der Waals surface area contributed by atoms with Crippen LogP contribution in [0.5, 0.6) is 0 Å². The third-order valence-electron chi connectivity index (χ3n) is 3.82. The van der Waals surface area contributed by atoms with Gasteiger partial charge in [0.1, 0.15) is 5.76 Å².